The first kappa shape index (κ1) is 17.8. The largest absolute Gasteiger partial charge is 0.481 e. The minimum atomic E-state index is -0.957. The normalized spacial score (nSPS) is 19.5. The van der Waals surface area contributed by atoms with Crippen LogP contribution in [-0.2, 0) is 16.1 Å². The molecule has 0 aromatic carbocycles. The number of hydrogen-bond acceptors (Lipinski definition) is 5. The lowest BCUT2D eigenvalue weighted by atomic mass is 9.93. The summed E-state index contributed by atoms with van der Waals surface area (Å²) in [4.78, 5) is 45.9. The molecule has 1 fully saturated rings. The first-order chi connectivity index (χ1) is 12.4. The van der Waals surface area contributed by atoms with Gasteiger partial charge in [0.05, 0.1) is 5.92 Å². The number of hydrogen-bond donors (Lipinski definition) is 1. The highest BCUT2D eigenvalue weighted by molar-refractivity contribution is 5.79. The highest BCUT2D eigenvalue weighted by Crippen LogP contribution is 2.31. The summed E-state index contributed by atoms with van der Waals surface area (Å²) < 4.78 is 1.30. The molecule has 8 heteroatoms. The van der Waals surface area contributed by atoms with Crippen molar-refractivity contribution in [2.45, 2.75) is 26.3 Å². The van der Waals surface area contributed by atoms with Crippen LogP contribution in [0.2, 0.25) is 0 Å². The maximum Gasteiger partial charge on any atom is 0.348 e. The third-order valence-electron chi connectivity index (χ3n) is 4.70. The highest BCUT2D eigenvalue weighted by atomic mass is 16.4. The monoisotopic (exact) mass is 356 g/mol. The van der Waals surface area contributed by atoms with E-state index in [1.165, 1.54) is 9.47 Å². The van der Waals surface area contributed by atoms with Crippen molar-refractivity contribution in [1.29, 1.82) is 0 Å². The number of carbonyl (C=O) groups is 2. The zero-order chi connectivity index (χ0) is 18.8. The number of likely N-dealkylation sites (tertiary alicyclic amines) is 1. The van der Waals surface area contributed by atoms with Crippen LogP contribution in [0.25, 0.3) is 0 Å². The molecule has 1 aliphatic heterocycles. The molecule has 3 heterocycles. The lowest BCUT2D eigenvalue weighted by Crippen LogP contribution is -2.37. The van der Waals surface area contributed by atoms with Gasteiger partial charge in [0.1, 0.15) is 6.54 Å². The molecule has 0 bridgehead atoms. The highest BCUT2D eigenvalue weighted by Gasteiger charge is 2.41. The zero-order valence-corrected chi connectivity index (χ0v) is 14.6. The van der Waals surface area contributed by atoms with Crippen LogP contribution < -0.4 is 5.69 Å². The molecule has 26 heavy (non-hydrogen) atoms. The van der Waals surface area contributed by atoms with E-state index >= 15 is 0 Å². The number of aryl methyl sites for hydroxylation is 2. The van der Waals surface area contributed by atoms with Crippen molar-refractivity contribution in [2.24, 2.45) is 5.92 Å². The fraction of sp³-hybridized carbons (Fsp3) is 0.389. The first-order valence-corrected chi connectivity index (χ1v) is 8.33. The van der Waals surface area contributed by atoms with Gasteiger partial charge in [0.25, 0.3) is 0 Å². The van der Waals surface area contributed by atoms with Crippen LogP contribution >= 0.6 is 0 Å². The van der Waals surface area contributed by atoms with Crippen LogP contribution in [0.5, 0.6) is 0 Å². The molecule has 1 N–H and O–H groups in total. The van der Waals surface area contributed by atoms with Crippen LogP contribution in [-0.4, -0.2) is 49.5 Å². The van der Waals surface area contributed by atoms with E-state index in [0.29, 0.717) is 17.1 Å². The van der Waals surface area contributed by atoms with Gasteiger partial charge >= 0.3 is 11.7 Å². The quantitative estimate of drug-likeness (QED) is 0.859. The number of nitrogens with zero attached hydrogens (tertiary/aromatic N) is 4. The number of pyridine rings is 1. The molecule has 0 saturated carbocycles. The summed E-state index contributed by atoms with van der Waals surface area (Å²) in [7, 11) is 0. The van der Waals surface area contributed by atoms with E-state index in [1.807, 2.05) is 0 Å². The molecule has 0 aliphatic carbocycles. The number of carbonyl (C=O) groups excluding carboxylic acids is 1. The van der Waals surface area contributed by atoms with Crippen LogP contribution in [0.15, 0.2) is 35.3 Å². The topological polar surface area (TPSA) is 105 Å². The minimum Gasteiger partial charge on any atom is -0.481 e. The van der Waals surface area contributed by atoms with Crippen LogP contribution in [0.3, 0.4) is 0 Å². The third kappa shape index (κ3) is 3.49. The summed E-state index contributed by atoms with van der Waals surface area (Å²) in [6.07, 6.45) is 1.61. The molecular weight excluding hydrogens is 336 g/mol. The van der Waals surface area contributed by atoms with E-state index in [9.17, 15) is 19.5 Å². The Balaban J connectivity index is 1.81. The Morgan fingerprint density at radius 3 is 2.65 bits per heavy atom. The summed E-state index contributed by atoms with van der Waals surface area (Å²) in [6, 6.07) is 7.06. The standard InChI is InChI=1S/C18H20N4O4/c1-11-7-12(2)22(18(26)20-11)10-16(23)21-8-13(14(9-21)17(24)25)15-5-3-4-6-19-15/h3-7,13-14H,8-10H2,1-2H3,(H,24,25)/t13-,14-/m1/s1. The van der Waals surface area contributed by atoms with Gasteiger partial charge in [0, 0.05) is 42.3 Å². The van der Waals surface area contributed by atoms with Gasteiger partial charge in [-0.05, 0) is 32.0 Å². The number of aliphatic carboxylic acids is 1. The summed E-state index contributed by atoms with van der Waals surface area (Å²) in [5, 5.41) is 9.52. The van der Waals surface area contributed by atoms with Gasteiger partial charge in [-0.3, -0.25) is 19.1 Å². The average Bonchev–Trinajstić information content (AvgIpc) is 3.04. The van der Waals surface area contributed by atoms with Gasteiger partial charge in [0.2, 0.25) is 5.91 Å². The summed E-state index contributed by atoms with van der Waals surface area (Å²) in [5.41, 5.74) is 1.41. The van der Waals surface area contributed by atoms with Crippen molar-refractivity contribution in [3.63, 3.8) is 0 Å². The minimum absolute atomic E-state index is 0.0997. The lowest BCUT2D eigenvalue weighted by Gasteiger charge is -2.18. The van der Waals surface area contributed by atoms with Crippen molar-refractivity contribution >= 4 is 11.9 Å². The third-order valence-corrected chi connectivity index (χ3v) is 4.70. The molecule has 0 radical (unpaired) electrons. The number of aromatic nitrogens is 3. The summed E-state index contributed by atoms with van der Waals surface area (Å²) in [6.45, 7) is 3.67. The van der Waals surface area contributed by atoms with Gasteiger partial charge in [-0.1, -0.05) is 6.07 Å². The number of amides is 1. The van der Waals surface area contributed by atoms with Gasteiger partial charge in [-0.25, -0.2) is 4.79 Å². The van der Waals surface area contributed by atoms with Crippen molar-refractivity contribution in [1.82, 2.24) is 19.4 Å². The lowest BCUT2D eigenvalue weighted by molar-refractivity contribution is -0.141. The molecule has 2 aromatic heterocycles. The van der Waals surface area contributed by atoms with E-state index in [0.717, 1.165) is 0 Å². The summed E-state index contributed by atoms with van der Waals surface area (Å²) >= 11 is 0. The van der Waals surface area contributed by atoms with Gasteiger partial charge in [-0.15, -0.1) is 0 Å². The second kappa shape index (κ2) is 7.07. The maximum atomic E-state index is 12.7. The van der Waals surface area contributed by atoms with Crippen molar-refractivity contribution in [3.05, 3.63) is 58.0 Å². The maximum absolute atomic E-state index is 12.7. The molecule has 8 nitrogen and oxygen atoms in total. The smallest absolute Gasteiger partial charge is 0.348 e. The predicted octanol–water partition coefficient (Wildman–Crippen LogP) is 0.582. The van der Waals surface area contributed by atoms with E-state index in [-0.39, 0.29) is 31.5 Å². The fourth-order valence-corrected chi connectivity index (χ4v) is 3.35. The molecule has 136 valence electrons. The average molecular weight is 356 g/mol. The van der Waals surface area contributed by atoms with Crippen molar-refractivity contribution in [2.75, 3.05) is 13.1 Å². The van der Waals surface area contributed by atoms with E-state index < -0.39 is 17.6 Å². The van der Waals surface area contributed by atoms with E-state index in [1.54, 1.807) is 44.3 Å². The van der Waals surface area contributed by atoms with Crippen molar-refractivity contribution in [3.8, 4) is 0 Å². The molecule has 1 amide bonds. The number of carboxylic acid groups (broad SMARTS) is 1. The molecule has 2 aromatic rings. The predicted molar refractivity (Wildman–Crippen MR) is 92.7 cm³/mol. The van der Waals surface area contributed by atoms with Crippen LogP contribution in [0.1, 0.15) is 23.0 Å². The Morgan fingerprint density at radius 2 is 2.04 bits per heavy atom. The summed E-state index contributed by atoms with van der Waals surface area (Å²) in [5.74, 6) is -2.35. The Morgan fingerprint density at radius 1 is 1.27 bits per heavy atom. The van der Waals surface area contributed by atoms with Gasteiger partial charge in [0.15, 0.2) is 0 Å². The second-order valence-corrected chi connectivity index (χ2v) is 6.51. The number of carboxylic acids is 1. The Bertz CT molecular complexity index is 894. The number of rotatable bonds is 4. The molecular formula is C18H20N4O4. The first-order valence-electron chi connectivity index (χ1n) is 8.33. The Labute approximate surface area is 150 Å². The molecule has 0 spiro atoms. The SMILES string of the molecule is Cc1cc(C)n(CC(=O)N2C[C@@H](C(=O)O)[C@H](c3ccccn3)C2)c(=O)n1. The molecule has 1 aliphatic rings. The Kier molecular flexibility index (Phi) is 4.83. The van der Waals surface area contributed by atoms with E-state index in [2.05, 4.69) is 9.97 Å². The molecule has 1 saturated heterocycles. The molecule has 3 rings (SSSR count). The van der Waals surface area contributed by atoms with Crippen LogP contribution in [0, 0.1) is 19.8 Å². The van der Waals surface area contributed by atoms with Crippen molar-refractivity contribution < 1.29 is 14.7 Å². The molecule has 2 atom stereocenters. The second-order valence-electron chi connectivity index (χ2n) is 6.51. The van der Waals surface area contributed by atoms with Crippen LogP contribution in [0.4, 0.5) is 0 Å². The van der Waals surface area contributed by atoms with E-state index in [4.69, 9.17) is 0 Å². The van der Waals surface area contributed by atoms with Gasteiger partial charge in [-0.2, -0.15) is 4.98 Å². The molecule has 0 unspecified atom stereocenters. The zero-order valence-electron chi connectivity index (χ0n) is 14.6. The Hall–Kier alpha value is -3.03. The van der Waals surface area contributed by atoms with Gasteiger partial charge < -0.3 is 10.0 Å². The fourth-order valence-electron chi connectivity index (χ4n) is 3.35.